The molecule has 0 bridgehead atoms. The monoisotopic (exact) mass is 150 g/mol. The Bertz CT molecular complexity index is 154. The highest BCUT2D eigenvalue weighted by Gasteiger charge is 2.31. The molecule has 1 fully saturated rings. The van der Waals surface area contributed by atoms with Gasteiger partial charge in [-0.25, -0.2) is 0 Å². The van der Waals surface area contributed by atoms with Crippen molar-refractivity contribution in [2.45, 2.75) is 25.7 Å². The van der Waals surface area contributed by atoms with Gasteiger partial charge in [0.25, 0.3) is 0 Å². The van der Waals surface area contributed by atoms with E-state index in [2.05, 4.69) is 23.9 Å². The average Bonchev–Trinajstić information content (AvgIpc) is 2.07. The lowest BCUT2D eigenvalue weighted by atomic mass is 9.71. The lowest BCUT2D eigenvalue weighted by Crippen LogP contribution is -2.37. The van der Waals surface area contributed by atoms with E-state index in [-0.39, 0.29) is 0 Å². The third-order valence-corrected chi connectivity index (χ3v) is 2.98. The van der Waals surface area contributed by atoms with Crippen LogP contribution in [0.4, 0.5) is 0 Å². The van der Waals surface area contributed by atoms with Crippen LogP contribution in [0.1, 0.15) is 25.7 Å². The molecule has 1 N–H and O–H groups in total. The van der Waals surface area contributed by atoms with Gasteiger partial charge in [-0.3, -0.25) is 0 Å². The average molecular weight is 150 g/mol. The smallest absolute Gasteiger partial charge is 0.00117 e. The van der Waals surface area contributed by atoms with Gasteiger partial charge in [0.05, 0.1) is 0 Å². The molecule has 61 valence electrons. The second kappa shape index (κ2) is 2.98. The van der Waals surface area contributed by atoms with Crippen LogP contribution in [0.3, 0.4) is 0 Å². The molecule has 0 aromatic carbocycles. The number of hydrogen-bond donors (Lipinski definition) is 1. The van der Waals surface area contributed by atoms with Crippen molar-refractivity contribution < 1.29 is 0 Å². The number of piperidine rings is 1. The molecular weight excluding hydrogens is 134 g/mol. The van der Waals surface area contributed by atoms with E-state index in [1.807, 2.05) is 0 Å². The first-order valence-electron chi connectivity index (χ1n) is 4.61. The van der Waals surface area contributed by atoms with Crippen LogP contribution in [0.2, 0.25) is 0 Å². The zero-order valence-electron chi connectivity index (χ0n) is 6.97. The lowest BCUT2D eigenvalue weighted by Gasteiger charge is -2.38. The summed E-state index contributed by atoms with van der Waals surface area (Å²) in [5.74, 6) is 0. The Labute approximate surface area is 68.9 Å². The third-order valence-electron chi connectivity index (χ3n) is 2.98. The Kier molecular flexibility index (Phi) is 1.99. The highest BCUT2D eigenvalue weighted by molar-refractivity contribution is 5.06. The molecule has 1 heteroatoms. The molecule has 1 atom stereocenters. The second-order valence-electron chi connectivity index (χ2n) is 3.73. The topological polar surface area (TPSA) is 12.0 Å². The minimum Gasteiger partial charge on any atom is -0.316 e. The summed E-state index contributed by atoms with van der Waals surface area (Å²) in [5, 5.41) is 3.38. The van der Waals surface area contributed by atoms with E-state index in [1.54, 1.807) is 0 Å². The number of hydrogen-bond acceptors (Lipinski definition) is 1. The van der Waals surface area contributed by atoms with Crippen molar-refractivity contribution in [1.82, 2.24) is 5.32 Å². The highest BCUT2D eigenvalue weighted by Crippen LogP contribution is 2.39. The summed E-state index contributed by atoms with van der Waals surface area (Å²) in [6.07, 6.45) is 12.5. The fourth-order valence-electron chi connectivity index (χ4n) is 2.15. The molecule has 0 amide bonds. The quantitative estimate of drug-likeness (QED) is 0.520. The fraction of sp³-hybridized carbons (Fsp3) is 0.700. The summed E-state index contributed by atoms with van der Waals surface area (Å²) in [4.78, 5) is 0. The normalized spacial score (nSPS) is 29.1. The molecule has 1 nitrogen and oxygen atoms in total. The molecule has 1 aliphatic heterocycles. The van der Waals surface area contributed by atoms with E-state index in [0.29, 0.717) is 5.41 Å². The maximum atomic E-state index is 3.38. The number of allylic oxidation sites excluding steroid dienone is 2. The molecule has 1 spiro atoms. The van der Waals surface area contributed by atoms with Gasteiger partial charge in [0.15, 0.2) is 0 Å². The molecule has 11 heavy (non-hydrogen) atoms. The molecule has 0 aromatic rings. The van der Waals surface area contributed by atoms with Gasteiger partial charge in [-0.05, 0) is 50.6 Å². The van der Waals surface area contributed by atoms with Gasteiger partial charge in [-0.15, -0.1) is 0 Å². The van der Waals surface area contributed by atoms with E-state index in [4.69, 9.17) is 0 Å². The van der Waals surface area contributed by atoms with Crippen LogP contribution in [-0.4, -0.2) is 13.1 Å². The second-order valence-corrected chi connectivity index (χ2v) is 3.73. The summed E-state index contributed by atoms with van der Waals surface area (Å²) in [6, 6.07) is 0. The van der Waals surface area contributed by atoms with Gasteiger partial charge >= 0.3 is 0 Å². The predicted octanol–water partition coefficient (Wildman–Crippen LogP) is 1.91. The largest absolute Gasteiger partial charge is 0.316 e. The summed E-state index contributed by atoms with van der Waals surface area (Å²) < 4.78 is 0. The van der Waals surface area contributed by atoms with Crippen LogP contribution in [0.5, 0.6) is 0 Å². The van der Waals surface area contributed by atoms with Crippen molar-refractivity contribution in [2.75, 3.05) is 13.1 Å². The Morgan fingerprint density at radius 2 is 2.18 bits per heavy atom. The molecule has 0 aromatic heterocycles. The van der Waals surface area contributed by atoms with Gasteiger partial charge < -0.3 is 5.32 Å². The molecule has 1 aliphatic carbocycles. The Morgan fingerprint density at radius 3 is 2.82 bits per heavy atom. The summed E-state index contributed by atoms with van der Waals surface area (Å²) >= 11 is 0. The van der Waals surface area contributed by atoms with Crippen LogP contribution < -0.4 is 5.32 Å². The van der Waals surface area contributed by atoms with E-state index in [1.165, 1.54) is 32.2 Å². The molecule has 1 radical (unpaired) electrons. The van der Waals surface area contributed by atoms with Gasteiger partial charge in [-0.2, -0.15) is 0 Å². The maximum absolute atomic E-state index is 3.38. The van der Waals surface area contributed by atoms with Crippen LogP contribution in [0.25, 0.3) is 0 Å². The molecule has 1 unspecified atom stereocenters. The SMILES string of the molecule is [CH]1CNCCC12CC=CCC2. The van der Waals surface area contributed by atoms with E-state index in [9.17, 15) is 0 Å². The zero-order valence-corrected chi connectivity index (χ0v) is 6.97. The van der Waals surface area contributed by atoms with Crippen molar-refractivity contribution in [3.05, 3.63) is 18.6 Å². The van der Waals surface area contributed by atoms with Crippen LogP contribution in [0.15, 0.2) is 12.2 Å². The van der Waals surface area contributed by atoms with Crippen molar-refractivity contribution in [3.63, 3.8) is 0 Å². The molecule has 2 aliphatic rings. The minimum absolute atomic E-state index is 0.583. The van der Waals surface area contributed by atoms with Crippen molar-refractivity contribution in [3.8, 4) is 0 Å². The van der Waals surface area contributed by atoms with Crippen molar-refractivity contribution in [2.24, 2.45) is 5.41 Å². The van der Waals surface area contributed by atoms with Gasteiger partial charge in [-0.1, -0.05) is 12.2 Å². The summed E-state index contributed by atoms with van der Waals surface area (Å²) in [7, 11) is 0. The van der Waals surface area contributed by atoms with Crippen LogP contribution in [0, 0.1) is 11.8 Å². The van der Waals surface area contributed by atoms with Crippen molar-refractivity contribution >= 4 is 0 Å². The molecule has 1 saturated heterocycles. The van der Waals surface area contributed by atoms with Crippen molar-refractivity contribution in [1.29, 1.82) is 0 Å². The van der Waals surface area contributed by atoms with Crippen LogP contribution in [-0.2, 0) is 0 Å². The van der Waals surface area contributed by atoms with Gasteiger partial charge in [0.1, 0.15) is 0 Å². The minimum atomic E-state index is 0.583. The maximum Gasteiger partial charge on any atom is -0.00117 e. The Hall–Kier alpha value is -0.300. The fourth-order valence-corrected chi connectivity index (χ4v) is 2.15. The highest BCUT2D eigenvalue weighted by atomic mass is 14.9. The van der Waals surface area contributed by atoms with Gasteiger partial charge in [0.2, 0.25) is 0 Å². The summed E-state index contributed by atoms with van der Waals surface area (Å²) in [5.41, 5.74) is 0.583. The first-order chi connectivity index (χ1) is 5.41. The molecule has 2 rings (SSSR count). The third kappa shape index (κ3) is 1.48. The zero-order chi connectivity index (χ0) is 7.57. The molecule has 0 saturated carbocycles. The Morgan fingerprint density at radius 1 is 1.18 bits per heavy atom. The molecule has 1 heterocycles. The molecular formula is C10H16N. The first kappa shape index (κ1) is 7.35. The van der Waals surface area contributed by atoms with Crippen LogP contribution >= 0.6 is 0 Å². The lowest BCUT2D eigenvalue weighted by molar-refractivity contribution is 0.252. The summed E-state index contributed by atoms with van der Waals surface area (Å²) in [6.45, 7) is 2.33. The van der Waals surface area contributed by atoms with Gasteiger partial charge in [0, 0.05) is 0 Å². The van der Waals surface area contributed by atoms with E-state index < -0.39 is 0 Å². The van der Waals surface area contributed by atoms with E-state index in [0.717, 1.165) is 6.54 Å². The first-order valence-corrected chi connectivity index (χ1v) is 4.61. The number of nitrogens with one attached hydrogen (secondary N) is 1. The van der Waals surface area contributed by atoms with E-state index >= 15 is 0 Å². The Balaban J connectivity index is 2.01. The predicted molar refractivity (Wildman–Crippen MR) is 47.2 cm³/mol. The number of rotatable bonds is 0. The standard InChI is InChI=1S/C10H16N/c1-2-4-10(5-3-1)6-8-11-9-7-10/h1-2,6,11H,3-5,7-9H2.